The van der Waals surface area contributed by atoms with Crippen LogP contribution in [-0.2, 0) is 11.3 Å². The van der Waals surface area contributed by atoms with Crippen LogP contribution in [0.25, 0.3) is 0 Å². The van der Waals surface area contributed by atoms with Gasteiger partial charge in [0.15, 0.2) is 0 Å². The van der Waals surface area contributed by atoms with Crippen molar-refractivity contribution < 1.29 is 4.74 Å². The van der Waals surface area contributed by atoms with Crippen molar-refractivity contribution in [1.29, 1.82) is 0 Å². The Hall–Kier alpha value is -0.580. The summed E-state index contributed by atoms with van der Waals surface area (Å²) in [7, 11) is 0. The molecule has 1 fully saturated rings. The van der Waals surface area contributed by atoms with Gasteiger partial charge >= 0.3 is 0 Å². The fraction of sp³-hybridized carbons (Fsp3) is 0.538. The van der Waals surface area contributed by atoms with Gasteiger partial charge in [0.2, 0.25) is 0 Å². The fourth-order valence-electron chi connectivity index (χ4n) is 2.42. The number of halogens is 1. The van der Waals surface area contributed by atoms with Gasteiger partial charge in [-0.05, 0) is 26.0 Å². The first-order valence-corrected chi connectivity index (χ1v) is 6.79. The third-order valence-corrected chi connectivity index (χ3v) is 3.80. The Balaban J connectivity index is 2.30. The highest BCUT2D eigenvalue weighted by Gasteiger charge is 2.24. The zero-order chi connectivity index (χ0) is 12.4. The van der Waals surface area contributed by atoms with E-state index in [-0.39, 0.29) is 12.2 Å². The topological polar surface area (TPSA) is 38.5 Å². The maximum atomic E-state index is 5.84. The van der Waals surface area contributed by atoms with Gasteiger partial charge in [-0.2, -0.15) is 0 Å². The molecule has 3 nitrogen and oxygen atoms in total. The van der Waals surface area contributed by atoms with E-state index in [0.717, 1.165) is 17.6 Å². The average Bonchev–Trinajstić information content (AvgIpc) is 2.27. The molecule has 0 spiro atoms. The van der Waals surface area contributed by atoms with Crippen LogP contribution in [0.5, 0.6) is 0 Å². The molecule has 1 saturated heterocycles. The third-order valence-electron chi connectivity index (χ3n) is 3.06. The molecule has 2 rings (SSSR count). The van der Waals surface area contributed by atoms with Gasteiger partial charge in [-0.1, -0.05) is 22.0 Å². The van der Waals surface area contributed by atoms with Gasteiger partial charge in [0.25, 0.3) is 0 Å². The Morgan fingerprint density at radius 1 is 1.35 bits per heavy atom. The molecule has 94 valence electrons. The van der Waals surface area contributed by atoms with Crippen LogP contribution in [0.15, 0.2) is 22.7 Å². The molecule has 1 heterocycles. The summed E-state index contributed by atoms with van der Waals surface area (Å²) >= 11 is 3.57. The molecule has 1 aromatic carbocycles. The van der Waals surface area contributed by atoms with E-state index in [4.69, 9.17) is 10.5 Å². The molecule has 0 bridgehead atoms. The van der Waals surface area contributed by atoms with E-state index in [1.807, 2.05) is 6.07 Å². The maximum absolute atomic E-state index is 5.84. The van der Waals surface area contributed by atoms with Crippen LogP contribution in [0.4, 0.5) is 5.69 Å². The first-order chi connectivity index (χ1) is 8.11. The van der Waals surface area contributed by atoms with Crippen molar-refractivity contribution in [3.05, 3.63) is 28.2 Å². The number of morpholine rings is 1. The van der Waals surface area contributed by atoms with Crippen LogP contribution < -0.4 is 10.6 Å². The van der Waals surface area contributed by atoms with Crippen LogP contribution in [-0.4, -0.2) is 25.3 Å². The summed E-state index contributed by atoms with van der Waals surface area (Å²) in [5.74, 6) is 0. The molecule has 0 amide bonds. The van der Waals surface area contributed by atoms with Gasteiger partial charge < -0.3 is 15.4 Å². The molecule has 0 unspecified atom stereocenters. The Labute approximate surface area is 111 Å². The van der Waals surface area contributed by atoms with E-state index < -0.39 is 0 Å². The molecule has 4 heteroatoms. The molecule has 1 aliphatic heterocycles. The summed E-state index contributed by atoms with van der Waals surface area (Å²) in [6, 6.07) is 6.24. The summed E-state index contributed by atoms with van der Waals surface area (Å²) < 4.78 is 6.84. The summed E-state index contributed by atoms with van der Waals surface area (Å²) in [6.45, 7) is 6.63. The van der Waals surface area contributed by atoms with E-state index in [1.54, 1.807) is 0 Å². The Morgan fingerprint density at radius 3 is 2.59 bits per heavy atom. The van der Waals surface area contributed by atoms with E-state index in [2.05, 4.69) is 46.8 Å². The molecule has 0 radical (unpaired) electrons. The second-order valence-electron chi connectivity index (χ2n) is 4.60. The molecule has 0 aliphatic carbocycles. The number of ether oxygens (including phenoxy) is 1. The van der Waals surface area contributed by atoms with Crippen LogP contribution in [0, 0.1) is 0 Å². The number of benzene rings is 1. The summed E-state index contributed by atoms with van der Waals surface area (Å²) in [5.41, 5.74) is 8.24. The number of nitrogens with two attached hydrogens (primary N) is 1. The van der Waals surface area contributed by atoms with Gasteiger partial charge in [-0.15, -0.1) is 0 Å². The third kappa shape index (κ3) is 2.81. The SMILES string of the molecule is C[C@@H]1CN(c2cccc(Br)c2CN)C[C@H](C)O1. The quantitative estimate of drug-likeness (QED) is 0.912. The highest BCUT2D eigenvalue weighted by Crippen LogP contribution is 2.29. The largest absolute Gasteiger partial charge is 0.372 e. The molecule has 0 aromatic heterocycles. The highest BCUT2D eigenvalue weighted by atomic mass is 79.9. The molecule has 1 aliphatic rings. The number of anilines is 1. The van der Waals surface area contributed by atoms with Crippen LogP contribution in [0.3, 0.4) is 0 Å². The lowest BCUT2D eigenvalue weighted by Crippen LogP contribution is -2.46. The van der Waals surface area contributed by atoms with Gasteiger partial charge in [0.1, 0.15) is 0 Å². The smallest absolute Gasteiger partial charge is 0.0726 e. The zero-order valence-corrected chi connectivity index (χ0v) is 11.9. The highest BCUT2D eigenvalue weighted by molar-refractivity contribution is 9.10. The molecule has 2 atom stereocenters. The normalized spacial score (nSPS) is 25.1. The molecular weight excluding hydrogens is 280 g/mol. The van der Waals surface area contributed by atoms with Crippen molar-refractivity contribution >= 4 is 21.6 Å². The van der Waals surface area contributed by atoms with Crippen molar-refractivity contribution in [3.63, 3.8) is 0 Å². The van der Waals surface area contributed by atoms with Gasteiger partial charge in [0, 0.05) is 35.4 Å². The van der Waals surface area contributed by atoms with Gasteiger partial charge in [-0.3, -0.25) is 0 Å². The first-order valence-electron chi connectivity index (χ1n) is 5.99. The second-order valence-corrected chi connectivity index (χ2v) is 5.46. The standard InChI is InChI=1S/C13H19BrN2O/c1-9-7-16(8-10(2)17-9)13-5-3-4-12(14)11(13)6-15/h3-5,9-10H,6-8,15H2,1-2H3/t9-,10+. The van der Waals surface area contributed by atoms with E-state index in [1.165, 1.54) is 11.3 Å². The van der Waals surface area contributed by atoms with Crippen molar-refractivity contribution in [3.8, 4) is 0 Å². The van der Waals surface area contributed by atoms with Crippen molar-refractivity contribution in [2.45, 2.75) is 32.6 Å². The minimum Gasteiger partial charge on any atom is -0.372 e. The number of hydrogen-bond acceptors (Lipinski definition) is 3. The lowest BCUT2D eigenvalue weighted by atomic mass is 10.1. The predicted octanol–water partition coefficient (Wildman–Crippen LogP) is 2.52. The Morgan fingerprint density at radius 2 is 2.00 bits per heavy atom. The Kier molecular flexibility index (Phi) is 4.07. The van der Waals surface area contributed by atoms with E-state index in [0.29, 0.717) is 6.54 Å². The van der Waals surface area contributed by atoms with Crippen LogP contribution >= 0.6 is 15.9 Å². The van der Waals surface area contributed by atoms with Crippen molar-refractivity contribution in [2.24, 2.45) is 5.73 Å². The summed E-state index contributed by atoms with van der Waals surface area (Å²) in [4.78, 5) is 2.37. The minimum atomic E-state index is 0.267. The van der Waals surface area contributed by atoms with Gasteiger partial charge in [0.05, 0.1) is 12.2 Å². The second kappa shape index (κ2) is 5.38. The Bertz CT molecular complexity index is 387. The number of nitrogens with zero attached hydrogens (tertiary/aromatic N) is 1. The van der Waals surface area contributed by atoms with Crippen molar-refractivity contribution in [1.82, 2.24) is 0 Å². The van der Waals surface area contributed by atoms with Gasteiger partial charge in [-0.25, -0.2) is 0 Å². The lowest BCUT2D eigenvalue weighted by molar-refractivity contribution is -0.00526. The number of rotatable bonds is 2. The molecule has 2 N–H and O–H groups in total. The maximum Gasteiger partial charge on any atom is 0.0726 e. The minimum absolute atomic E-state index is 0.267. The molecule has 17 heavy (non-hydrogen) atoms. The summed E-state index contributed by atoms with van der Waals surface area (Å²) in [6.07, 6.45) is 0.534. The summed E-state index contributed by atoms with van der Waals surface area (Å²) in [5, 5.41) is 0. The van der Waals surface area contributed by atoms with Crippen molar-refractivity contribution in [2.75, 3.05) is 18.0 Å². The van der Waals surface area contributed by atoms with E-state index in [9.17, 15) is 0 Å². The fourth-order valence-corrected chi connectivity index (χ4v) is 2.94. The lowest BCUT2D eigenvalue weighted by Gasteiger charge is -2.38. The molecule has 1 aromatic rings. The zero-order valence-electron chi connectivity index (χ0n) is 10.3. The molecular formula is C13H19BrN2O. The molecule has 0 saturated carbocycles. The first kappa shape index (κ1) is 12.9. The van der Waals surface area contributed by atoms with Crippen LogP contribution in [0.2, 0.25) is 0 Å². The number of hydrogen-bond donors (Lipinski definition) is 1. The average molecular weight is 299 g/mol. The predicted molar refractivity (Wildman–Crippen MR) is 74.3 cm³/mol. The monoisotopic (exact) mass is 298 g/mol. The van der Waals surface area contributed by atoms with Crippen LogP contribution in [0.1, 0.15) is 19.4 Å². The van der Waals surface area contributed by atoms with E-state index >= 15 is 0 Å².